The van der Waals surface area contributed by atoms with Crippen LogP contribution in [0.15, 0.2) is 52.1 Å². The average molecular weight is 655 g/mol. The third-order valence-corrected chi connectivity index (χ3v) is 9.50. The van der Waals surface area contributed by atoms with E-state index in [2.05, 4.69) is 0 Å². The van der Waals surface area contributed by atoms with Gasteiger partial charge in [0.2, 0.25) is 10.9 Å². The van der Waals surface area contributed by atoms with E-state index in [0.29, 0.717) is 28.1 Å². The van der Waals surface area contributed by atoms with Crippen LogP contribution in [-0.2, 0) is 14.1 Å². The molecule has 0 amide bonds. The fourth-order valence-electron chi connectivity index (χ4n) is 7.42. The highest BCUT2D eigenvalue weighted by Gasteiger charge is 2.48. The van der Waals surface area contributed by atoms with Crippen molar-refractivity contribution in [2.24, 2.45) is 14.1 Å². The number of hydrogen-bond acceptors (Lipinski definition) is 10. The Morgan fingerprint density at radius 1 is 0.750 bits per heavy atom. The summed E-state index contributed by atoms with van der Waals surface area (Å²) in [6.07, 6.45) is -1.10. The summed E-state index contributed by atoms with van der Waals surface area (Å²) in [5.74, 6) is -0.901. The Balaban J connectivity index is 1.67. The summed E-state index contributed by atoms with van der Waals surface area (Å²) in [6, 6.07) is 10.7. The number of phenols is 3. The lowest BCUT2D eigenvalue weighted by Gasteiger charge is -2.31. The molecule has 4 aromatic carbocycles. The molecule has 2 atom stereocenters. The van der Waals surface area contributed by atoms with Crippen LogP contribution in [0.2, 0.25) is 0 Å². The van der Waals surface area contributed by atoms with Gasteiger partial charge >= 0.3 is 0 Å². The van der Waals surface area contributed by atoms with Gasteiger partial charge in [-0.1, -0.05) is 6.07 Å². The van der Waals surface area contributed by atoms with Crippen LogP contribution in [0.3, 0.4) is 0 Å². The van der Waals surface area contributed by atoms with Gasteiger partial charge in [-0.25, -0.2) is 0 Å². The van der Waals surface area contributed by atoms with Gasteiger partial charge in [0.05, 0.1) is 76.5 Å². The lowest BCUT2D eigenvalue weighted by molar-refractivity contribution is -0.0300. The van der Waals surface area contributed by atoms with Gasteiger partial charge in [-0.2, -0.15) is 0 Å². The van der Waals surface area contributed by atoms with Crippen molar-refractivity contribution in [2.75, 3.05) is 21.3 Å². The molecule has 7 rings (SSSR count). The maximum Gasteiger partial charge on any atom is 0.201 e. The molecule has 6 aromatic rings. The largest absolute Gasteiger partial charge is 0.507 e. The van der Waals surface area contributed by atoms with Gasteiger partial charge < -0.3 is 48.5 Å². The van der Waals surface area contributed by atoms with Crippen molar-refractivity contribution in [1.29, 1.82) is 0 Å². The van der Waals surface area contributed by atoms with Gasteiger partial charge in [0, 0.05) is 37.4 Å². The van der Waals surface area contributed by atoms with E-state index >= 15 is 0 Å². The Bertz CT molecular complexity index is 2490. The fraction of sp³-hybridized carbons (Fsp3) is 0.278. The number of pyridine rings is 2. The molecule has 0 radical (unpaired) electrons. The predicted octanol–water partition coefficient (Wildman–Crippen LogP) is 4.50. The topological polar surface area (TPSA) is 162 Å². The first-order valence-corrected chi connectivity index (χ1v) is 15.1. The molecule has 48 heavy (non-hydrogen) atoms. The van der Waals surface area contributed by atoms with E-state index in [9.17, 15) is 30.0 Å². The molecule has 0 saturated carbocycles. The molecule has 1 aliphatic heterocycles. The number of benzene rings is 4. The molecule has 1 aliphatic rings. The Morgan fingerprint density at radius 3 is 2.06 bits per heavy atom. The zero-order valence-electron chi connectivity index (χ0n) is 27.3. The third-order valence-electron chi connectivity index (χ3n) is 9.50. The van der Waals surface area contributed by atoms with Crippen molar-refractivity contribution in [3.8, 4) is 40.2 Å². The van der Waals surface area contributed by atoms with E-state index in [-0.39, 0.29) is 61.1 Å². The second-order valence-corrected chi connectivity index (χ2v) is 12.6. The van der Waals surface area contributed by atoms with Crippen LogP contribution < -0.4 is 29.8 Å². The zero-order chi connectivity index (χ0) is 34.6. The molecule has 4 N–H and O–H groups in total. The number of aryl methyl sites for hydroxylation is 2. The second kappa shape index (κ2) is 10.4. The molecule has 12 nitrogen and oxygen atoms in total. The fourth-order valence-corrected chi connectivity index (χ4v) is 7.42. The van der Waals surface area contributed by atoms with E-state index < -0.39 is 34.2 Å². The smallest absolute Gasteiger partial charge is 0.201 e. The third kappa shape index (κ3) is 3.98. The highest BCUT2D eigenvalue weighted by atomic mass is 16.5. The summed E-state index contributed by atoms with van der Waals surface area (Å²) in [5, 5.41) is 46.2. The number of fused-ring (bicyclic) bond motifs is 6. The van der Waals surface area contributed by atoms with Crippen LogP contribution in [0.1, 0.15) is 30.9 Å². The first-order chi connectivity index (χ1) is 22.8. The minimum atomic E-state index is -1.56. The number of aromatic hydroxyl groups is 3. The summed E-state index contributed by atoms with van der Waals surface area (Å²) in [6.45, 7) is 3.07. The maximum absolute atomic E-state index is 14.3. The number of rotatable bonds is 5. The minimum absolute atomic E-state index is 0.0176. The molecule has 0 fully saturated rings. The van der Waals surface area contributed by atoms with E-state index in [1.165, 1.54) is 47.3 Å². The molecule has 0 aliphatic carbocycles. The van der Waals surface area contributed by atoms with E-state index in [1.807, 2.05) is 0 Å². The van der Waals surface area contributed by atoms with Crippen LogP contribution >= 0.6 is 0 Å². The number of para-hydroxylation sites is 1. The Morgan fingerprint density at radius 2 is 1.42 bits per heavy atom. The van der Waals surface area contributed by atoms with Crippen molar-refractivity contribution in [2.45, 2.75) is 31.5 Å². The van der Waals surface area contributed by atoms with Crippen molar-refractivity contribution >= 4 is 43.6 Å². The maximum atomic E-state index is 14.3. The van der Waals surface area contributed by atoms with Gasteiger partial charge in [-0.3, -0.25) is 9.59 Å². The zero-order valence-corrected chi connectivity index (χ0v) is 27.3. The van der Waals surface area contributed by atoms with Crippen LogP contribution in [-0.4, -0.2) is 62.6 Å². The average Bonchev–Trinajstić information content (AvgIpc) is 3.43. The molecule has 0 spiro atoms. The number of phenolic OH excluding ortho intramolecular Hbond substituents is 3. The number of aromatic nitrogens is 2. The Hall–Kier alpha value is -5.62. The van der Waals surface area contributed by atoms with Crippen LogP contribution in [0.5, 0.6) is 40.2 Å². The number of methoxy groups -OCH3 is 3. The molecule has 0 bridgehead atoms. The number of ether oxygens (including phenoxy) is 4. The van der Waals surface area contributed by atoms with Crippen molar-refractivity contribution < 1.29 is 39.4 Å². The van der Waals surface area contributed by atoms with Gasteiger partial charge in [0.1, 0.15) is 34.9 Å². The van der Waals surface area contributed by atoms with Crippen LogP contribution in [0.25, 0.3) is 43.6 Å². The molecule has 3 heterocycles. The molecule has 248 valence electrons. The Labute approximate surface area is 273 Å². The summed E-state index contributed by atoms with van der Waals surface area (Å²) in [7, 11) is 7.74. The van der Waals surface area contributed by atoms with Crippen molar-refractivity contribution in [3.05, 3.63) is 74.0 Å². The summed E-state index contributed by atoms with van der Waals surface area (Å²) >= 11 is 0. The Kier molecular flexibility index (Phi) is 6.75. The summed E-state index contributed by atoms with van der Waals surface area (Å²) in [5.41, 5.74) is -0.906. The molecule has 0 saturated heterocycles. The SMILES string of the molecule is COc1cc2c(c(O)c1[C@@H]1c3c(cc(O)c4c(=O)c5cccc(O)c5n(C)c34)O[C@H]1C(C)(C)O)c(=O)c1ccc(OC)c(OC)c1n2C. The normalized spacial score (nSPS) is 16.1. The molecule has 0 unspecified atom stereocenters. The molecular formula is C36H34N2O10. The molecule has 2 aromatic heterocycles. The van der Waals surface area contributed by atoms with Gasteiger partial charge in [0.25, 0.3) is 0 Å². The first kappa shape index (κ1) is 31.0. The molecular weight excluding hydrogens is 620 g/mol. The second-order valence-electron chi connectivity index (χ2n) is 12.6. The van der Waals surface area contributed by atoms with Crippen LogP contribution in [0.4, 0.5) is 0 Å². The summed E-state index contributed by atoms with van der Waals surface area (Å²) < 4.78 is 26.6. The monoisotopic (exact) mass is 654 g/mol. The minimum Gasteiger partial charge on any atom is -0.507 e. The van der Waals surface area contributed by atoms with Crippen molar-refractivity contribution in [1.82, 2.24) is 9.13 Å². The van der Waals surface area contributed by atoms with Crippen molar-refractivity contribution in [3.63, 3.8) is 0 Å². The molecule has 12 heteroatoms. The number of nitrogens with zero attached hydrogens (tertiary/aromatic N) is 2. The quantitative estimate of drug-likeness (QED) is 0.195. The van der Waals surface area contributed by atoms with E-state index in [0.717, 1.165) is 0 Å². The predicted molar refractivity (Wildman–Crippen MR) is 181 cm³/mol. The lowest BCUT2D eigenvalue weighted by Crippen LogP contribution is -2.42. The van der Waals surface area contributed by atoms with Gasteiger partial charge in [-0.05, 0) is 38.1 Å². The van der Waals surface area contributed by atoms with Gasteiger partial charge in [-0.15, -0.1) is 0 Å². The number of hydrogen-bond donors (Lipinski definition) is 4. The first-order valence-electron chi connectivity index (χ1n) is 15.1. The number of aliphatic hydroxyl groups is 1. The highest BCUT2D eigenvalue weighted by molar-refractivity contribution is 6.03. The lowest BCUT2D eigenvalue weighted by atomic mass is 9.79. The van der Waals surface area contributed by atoms with Gasteiger partial charge in [0.15, 0.2) is 11.5 Å². The highest BCUT2D eigenvalue weighted by Crippen LogP contribution is 2.55. The van der Waals surface area contributed by atoms with Crippen LogP contribution in [0, 0.1) is 0 Å². The van der Waals surface area contributed by atoms with E-state index in [4.69, 9.17) is 18.9 Å². The standard InChI is InChI=1S/C36H34N2O10/c1-36(2,44)35-27(25-22(48-35)14-19(40)24-30(25)38(4)28-15(32(24)42)9-8-10-18(28)39)26-21(46-6)13-17-23(33(26)43)31(41)16-11-12-20(45-5)34(47-7)29(16)37(17)3/h8-14,27,35,39-40,43-44H,1-7H3/t27-,35+/m0/s1. The van der Waals surface area contributed by atoms with E-state index in [1.54, 1.807) is 53.6 Å². The summed E-state index contributed by atoms with van der Waals surface area (Å²) in [4.78, 5) is 28.2.